The van der Waals surface area contributed by atoms with Gasteiger partial charge in [0.15, 0.2) is 0 Å². The lowest BCUT2D eigenvalue weighted by Crippen LogP contribution is -1.80. The van der Waals surface area contributed by atoms with E-state index < -0.39 is 0 Å². The Hall–Kier alpha value is 0.570. The van der Waals surface area contributed by atoms with Crippen LogP contribution in [0.15, 0.2) is 0 Å². The summed E-state index contributed by atoms with van der Waals surface area (Å²) in [6, 6.07) is 0. The molecule has 0 amide bonds. The second-order valence-corrected chi connectivity index (χ2v) is 4.66. The second kappa shape index (κ2) is 3.99. The van der Waals surface area contributed by atoms with Crippen molar-refractivity contribution in [2.45, 2.75) is 13.3 Å². The van der Waals surface area contributed by atoms with Gasteiger partial charge in [-0.3, -0.25) is 0 Å². The van der Waals surface area contributed by atoms with Gasteiger partial charge < -0.3 is 0 Å². The minimum Gasteiger partial charge on any atom is -0.110 e. The lowest BCUT2D eigenvalue weighted by atomic mass is 10.2. The fourth-order valence-corrected chi connectivity index (χ4v) is 2.70. The first-order valence-electron chi connectivity index (χ1n) is 3.06. The van der Waals surface area contributed by atoms with Crippen LogP contribution >= 0.6 is 46.1 Å². The quantitative estimate of drug-likeness (QED) is 0.700. The van der Waals surface area contributed by atoms with Crippen molar-refractivity contribution in [1.82, 2.24) is 0 Å². The molecule has 0 bridgehead atoms. The molecule has 0 saturated carbocycles. The average Bonchev–Trinajstić information content (AvgIpc) is 2.17. The molecule has 0 atom stereocenters. The molecule has 11 heavy (non-hydrogen) atoms. The van der Waals surface area contributed by atoms with Crippen LogP contribution in [0.3, 0.4) is 0 Å². The van der Waals surface area contributed by atoms with Crippen LogP contribution in [0.1, 0.15) is 12.5 Å². The standard InChI is InChI=1S/C7H6Cl3S/c1-2-3-4-5(8)7(10)11-6(4)9/h2H,3H2,1H3. The summed E-state index contributed by atoms with van der Waals surface area (Å²) in [6.07, 6.45) is 2.77. The molecule has 0 saturated heterocycles. The maximum atomic E-state index is 5.87. The highest BCUT2D eigenvalue weighted by Crippen LogP contribution is 2.40. The minimum absolute atomic E-state index is 0.577. The average molecular weight is 229 g/mol. The first-order valence-corrected chi connectivity index (χ1v) is 5.01. The number of thiophene rings is 1. The first kappa shape index (κ1) is 9.66. The molecular weight excluding hydrogens is 223 g/mol. The Labute approximate surface area is 85.1 Å². The van der Waals surface area contributed by atoms with Gasteiger partial charge >= 0.3 is 0 Å². The van der Waals surface area contributed by atoms with E-state index in [1.807, 2.05) is 13.3 Å². The number of rotatable bonds is 2. The highest BCUT2D eigenvalue weighted by Gasteiger charge is 2.12. The summed E-state index contributed by atoms with van der Waals surface area (Å²) in [4.78, 5) is 0. The maximum absolute atomic E-state index is 5.87. The van der Waals surface area contributed by atoms with E-state index in [2.05, 4.69) is 0 Å². The number of hydrogen-bond acceptors (Lipinski definition) is 1. The van der Waals surface area contributed by atoms with E-state index in [-0.39, 0.29) is 0 Å². The van der Waals surface area contributed by atoms with Gasteiger partial charge in [0.2, 0.25) is 0 Å². The Balaban J connectivity index is 3.02. The van der Waals surface area contributed by atoms with Crippen LogP contribution in [0.5, 0.6) is 0 Å². The molecule has 1 radical (unpaired) electrons. The van der Waals surface area contributed by atoms with Gasteiger partial charge in [-0.05, 0) is 12.8 Å². The fraction of sp³-hybridized carbons (Fsp3) is 0.286. The molecule has 1 aromatic heterocycles. The Morgan fingerprint density at radius 2 is 1.91 bits per heavy atom. The van der Waals surface area contributed by atoms with Crippen molar-refractivity contribution in [3.05, 3.63) is 25.7 Å². The van der Waals surface area contributed by atoms with Gasteiger partial charge in [0.05, 0.1) is 9.36 Å². The Morgan fingerprint density at radius 1 is 1.27 bits per heavy atom. The SMILES string of the molecule is C[CH]Cc1c(Cl)sc(Cl)c1Cl. The van der Waals surface area contributed by atoms with Crippen LogP contribution in [0.2, 0.25) is 13.7 Å². The summed E-state index contributed by atoms with van der Waals surface area (Å²) < 4.78 is 1.27. The van der Waals surface area contributed by atoms with Crippen LogP contribution in [0.4, 0.5) is 0 Å². The third kappa shape index (κ3) is 2.03. The van der Waals surface area contributed by atoms with Crippen molar-refractivity contribution in [3.8, 4) is 0 Å². The fourth-order valence-electron chi connectivity index (χ4n) is 0.764. The van der Waals surface area contributed by atoms with E-state index in [1.54, 1.807) is 0 Å². The molecule has 0 aliphatic heterocycles. The summed E-state index contributed by atoms with van der Waals surface area (Å²) in [5.41, 5.74) is 0.936. The number of hydrogen-bond donors (Lipinski definition) is 0. The molecule has 0 aromatic carbocycles. The van der Waals surface area contributed by atoms with E-state index in [9.17, 15) is 0 Å². The van der Waals surface area contributed by atoms with Gasteiger partial charge in [-0.25, -0.2) is 0 Å². The summed E-state index contributed by atoms with van der Waals surface area (Å²) in [6.45, 7) is 1.96. The molecule has 0 spiro atoms. The summed E-state index contributed by atoms with van der Waals surface area (Å²) >= 11 is 18.8. The third-order valence-electron chi connectivity index (χ3n) is 1.26. The van der Waals surface area contributed by atoms with E-state index in [0.717, 1.165) is 12.0 Å². The highest BCUT2D eigenvalue weighted by atomic mass is 35.5. The van der Waals surface area contributed by atoms with E-state index in [1.165, 1.54) is 11.3 Å². The summed E-state index contributed by atoms with van der Waals surface area (Å²) in [5.74, 6) is 0. The number of halogens is 3. The van der Waals surface area contributed by atoms with Crippen LogP contribution in [0, 0.1) is 6.42 Å². The van der Waals surface area contributed by atoms with Gasteiger partial charge in [0.25, 0.3) is 0 Å². The predicted molar refractivity (Wildman–Crippen MR) is 53.0 cm³/mol. The smallest absolute Gasteiger partial charge is 0.110 e. The second-order valence-electron chi connectivity index (χ2n) is 2.05. The van der Waals surface area contributed by atoms with E-state index in [4.69, 9.17) is 34.8 Å². The minimum atomic E-state index is 0.577. The largest absolute Gasteiger partial charge is 0.113 e. The molecule has 0 unspecified atom stereocenters. The maximum Gasteiger partial charge on any atom is 0.113 e. The van der Waals surface area contributed by atoms with Crippen molar-refractivity contribution in [2.75, 3.05) is 0 Å². The predicted octanol–water partition coefficient (Wildman–Crippen LogP) is 4.47. The molecule has 0 aliphatic rings. The van der Waals surface area contributed by atoms with Crippen LogP contribution < -0.4 is 0 Å². The zero-order valence-electron chi connectivity index (χ0n) is 5.83. The van der Waals surface area contributed by atoms with Crippen molar-refractivity contribution in [1.29, 1.82) is 0 Å². The van der Waals surface area contributed by atoms with Gasteiger partial charge in [-0.1, -0.05) is 41.7 Å². The molecule has 1 heterocycles. The Kier molecular flexibility index (Phi) is 3.51. The van der Waals surface area contributed by atoms with Crippen molar-refractivity contribution in [3.63, 3.8) is 0 Å². The monoisotopic (exact) mass is 227 g/mol. The molecule has 1 rings (SSSR count). The summed E-state index contributed by atoms with van der Waals surface area (Å²) in [5, 5.41) is 0.597. The lowest BCUT2D eigenvalue weighted by Gasteiger charge is -1.94. The van der Waals surface area contributed by atoms with Gasteiger partial charge in [-0.2, -0.15) is 0 Å². The zero-order valence-corrected chi connectivity index (χ0v) is 8.91. The third-order valence-corrected chi connectivity index (χ3v) is 3.58. The molecule has 0 aliphatic carbocycles. The Bertz CT molecular complexity index is 254. The molecule has 61 valence electrons. The zero-order chi connectivity index (χ0) is 8.43. The first-order chi connectivity index (χ1) is 5.16. The van der Waals surface area contributed by atoms with Crippen molar-refractivity contribution < 1.29 is 0 Å². The van der Waals surface area contributed by atoms with Crippen LogP contribution in [-0.4, -0.2) is 0 Å². The van der Waals surface area contributed by atoms with Gasteiger partial charge in [0.1, 0.15) is 4.34 Å². The molecule has 0 N–H and O–H groups in total. The molecule has 0 nitrogen and oxygen atoms in total. The summed E-state index contributed by atoms with van der Waals surface area (Å²) in [7, 11) is 0. The van der Waals surface area contributed by atoms with E-state index in [0.29, 0.717) is 13.7 Å². The molecule has 1 aromatic rings. The Morgan fingerprint density at radius 3 is 2.27 bits per heavy atom. The van der Waals surface area contributed by atoms with Crippen LogP contribution in [0.25, 0.3) is 0 Å². The van der Waals surface area contributed by atoms with Crippen LogP contribution in [-0.2, 0) is 6.42 Å². The van der Waals surface area contributed by atoms with E-state index >= 15 is 0 Å². The van der Waals surface area contributed by atoms with Crippen molar-refractivity contribution in [2.24, 2.45) is 0 Å². The van der Waals surface area contributed by atoms with Gasteiger partial charge in [0, 0.05) is 5.56 Å². The topological polar surface area (TPSA) is 0 Å². The van der Waals surface area contributed by atoms with Gasteiger partial charge in [-0.15, -0.1) is 11.3 Å². The molecular formula is C7H6Cl3S. The van der Waals surface area contributed by atoms with Crippen molar-refractivity contribution >= 4 is 46.1 Å². The molecule has 0 fully saturated rings. The molecule has 4 heteroatoms. The lowest BCUT2D eigenvalue weighted by molar-refractivity contribution is 1.16. The highest BCUT2D eigenvalue weighted by molar-refractivity contribution is 7.20. The normalized spacial score (nSPS) is 10.5.